The SMILES string of the molecule is CC(C)(O)C(C)(C)OO[B]C1CC1. The summed E-state index contributed by atoms with van der Waals surface area (Å²) in [6.45, 7) is 7.00. The Morgan fingerprint density at radius 2 is 1.77 bits per heavy atom. The molecule has 0 heterocycles. The molecule has 0 saturated heterocycles. The van der Waals surface area contributed by atoms with Gasteiger partial charge in [0, 0.05) is 0 Å². The zero-order chi connectivity index (χ0) is 10.1. The van der Waals surface area contributed by atoms with Crippen molar-refractivity contribution in [1.29, 1.82) is 0 Å². The fourth-order valence-electron chi connectivity index (χ4n) is 0.561. The lowest BCUT2D eigenvalue weighted by Crippen LogP contribution is -2.47. The minimum Gasteiger partial charge on any atom is -0.387 e. The summed E-state index contributed by atoms with van der Waals surface area (Å²) in [4.78, 5) is 10.1. The van der Waals surface area contributed by atoms with Crippen LogP contribution in [0.3, 0.4) is 0 Å². The van der Waals surface area contributed by atoms with Crippen LogP contribution in [0.5, 0.6) is 0 Å². The highest BCUT2D eigenvalue weighted by Crippen LogP contribution is 2.35. The van der Waals surface area contributed by atoms with Crippen molar-refractivity contribution >= 4 is 7.48 Å². The maximum absolute atomic E-state index is 9.71. The third-order valence-corrected chi connectivity index (χ3v) is 2.60. The summed E-state index contributed by atoms with van der Waals surface area (Å²) in [7, 11) is 1.70. The van der Waals surface area contributed by atoms with E-state index in [4.69, 9.17) is 9.69 Å². The van der Waals surface area contributed by atoms with Crippen LogP contribution in [0.2, 0.25) is 5.82 Å². The molecule has 3 nitrogen and oxygen atoms in total. The molecule has 0 unspecified atom stereocenters. The van der Waals surface area contributed by atoms with E-state index in [1.807, 2.05) is 0 Å². The van der Waals surface area contributed by atoms with Crippen LogP contribution < -0.4 is 0 Å². The van der Waals surface area contributed by atoms with Gasteiger partial charge in [0.15, 0.2) is 0 Å². The molecular weight excluding hydrogens is 167 g/mol. The first kappa shape index (κ1) is 11.0. The van der Waals surface area contributed by atoms with Crippen molar-refractivity contribution in [2.45, 2.75) is 57.6 Å². The molecule has 0 spiro atoms. The first-order chi connectivity index (χ1) is 5.83. The highest BCUT2D eigenvalue weighted by molar-refractivity contribution is 6.30. The normalized spacial score (nSPS) is 18.8. The lowest BCUT2D eigenvalue weighted by atomic mass is 9.90. The van der Waals surface area contributed by atoms with Gasteiger partial charge in [0.05, 0.1) is 5.60 Å². The summed E-state index contributed by atoms with van der Waals surface area (Å²) in [5, 5.41) is 9.71. The van der Waals surface area contributed by atoms with Crippen LogP contribution in [-0.2, 0) is 9.69 Å². The predicted octanol–water partition coefficient (Wildman–Crippen LogP) is 1.69. The highest BCUT2D eigenvalue weighted by atomic mass is 17.2. The van der Waals surface area contributed by atoms with E-state index >= 15 is 0 Å². The molecular formula is C9H18BO3. The maximum Gasteiger partial charge on any atom is 0.347 e. The molecule has 1 aliphatic rings. The van der Waals surface area contributed by atoms with Crippen LogP contribution in [0.4, 0.5) is 0 Å². The number of aliphatic hydroxyl groups is 1. The first-order valence-corrected chi connectivity index (χ1v) is 4.73. The van der Waals surface area contributed by atoms with Gasteiger partial charge in [0.25, 0.3) is 0 Å². The van der Waals surface area contributed by atoms with Crippen molar-refractivity contribution in [2.75, 3.05) is 0 Å². The monoisotopic (exact) mass is 185 g/mol. The van der Waals surface area contributed by atoms with E-state index in [1.165, 1.54) is 12.8 Å². The van der Waals surface area contributed by atoms with E-state index in [2.05, 4.69) is 0 Å². The van der Waals surface area contributed by atoms with Gasteiger partial charge in [-0.1, -0.05) is 12.8 Å². The Morgan fingerprint density at radius 1 is 1.23 bits per heavy atom. The van der Waals surface area contributed by atoms with E-state index in [0.29, 0.717) is 5.82 Å². The summed E-state index contributed by atoms with van der Waals surface area (Å²) in [5.74, 6) is 0.553. The minimum atomic E-state index is -0.912. The molecule has 1 N–H and O–H groups in total. The van der Waals surface area contributed by atoms with Gasteiger partial charge >= 0.3 is 7.48 Å². The van der Waals surface area contributed by atoms with Gasteiger partial charge in [-0.25, -0.2) is 4.89 Å². The van der Waals surface area contributed by atoms with Crippen LogP contribution in [0.1, 0.15) is 40.5 Å². The lowest BCUT2D eigenvalue weighted by Gasteiger charge is -2.35. The fraction of sp³-hybridized carbons (Fsp3) is 1.00. The minimum absolute atomic E-state index is 0.553. The third-order valence-electron chi connectivity index (χ3n) is 2.60. The van der Waals surface area contributed by atoms with Crippen molar-refractivity contribution in [2.24, 2.45) is 0 Å². The summed E-state index contributed by atoms with van der Waals surface area (Å²) < 4.78 is 0. The van der Waals surface area contributed by atoms with Gasteiger partial charge < -0.3 is 9.91 Å². The smallest absolute Gasteiger partial charge is 0.347 e. The van der Waals surface area contributed by atoms with Gasteiger partial charge in [0.1, 0.15) is 5.60 Å². The van der Waals surface area contributed by atoms with Crippen molar-refractivity contribution < 1.29 is 14.8 Å². The molecule has 4 heteroatoms. The Bertz CT molecular complexity index is 170. The molecule has 1 saturated carbocycles. The van der Waals surface area contributed by atoms with Crippen molar-refractivity contribution in [3.8, 4) is 0 Å². The topological polar surface area (TPSA) is 38.7 Å². The molecule has 13 heavy (non-hydrogen) atoms. The zero-order valence-corrected chi connectivity index (χ0v) is 8.83. The molecule has 1 aliphatic carbocycles. The molecule has 0 aromatic carbocycles. The van der Waals surface area contributed by atoms with Crippen LogP contribution in [0.25, 0.3) is 0 Å². The van der Waals surface area contributed by atoms with Crippen molar-refractivity contribution in [3.05, 3.63) is 0 Å². The van der Waals surface area contributed by atoms with Crippen LogP contribution in [-0.4, -0.2) is 23.8 Å². The lowest BCUT2D eigenvalue weighted by molar-refractivity contribution is -0.323. The second kappa shape index (κ2) is 3.60. The Labute approximate surface area is 80.6 Å². The Kier molecular flexibility index (Phi) is 3.05. The second-order valence-electron chi connectivity index (χ2n) is 4.72. The van der Waals surface area contributed by atoms with Crippen molar-refractivity contribution in [3.63, 3.8) is 0 Å². The van der Waals surface area contributed by atoms with Gasteiger partial charge in [-0.05, 0) is 33.5 Å². The highest BCUT2D eigenvalue weighted by Gasteiger charge is 2.38. The van der Waals surface area contributed by atoms with Crippen LogP contribution >= 0.6 is 0 Å². The summed E-state index contributed by atoms with van der Waals surface area (Å²) in [5.41, 5.74) is -1.61. The van der Waals surface area contributed by atoms with Crippen LogP contribution in [0, 0.1) is 0 Å². The van der Waals surface area contributed by atoms with E-state index in [0.717, 1.165) is 0 Å². The molecule has 0 aromatic rings. The molecule has 1 fully saturated rings. The molecule has 0 aliphatic heterocycles. The number of rotatable bonds is 5. The number of hydrogen-bond donors (Lipinski definition) is 1. The van der Waals surface area contributed by atoms with Gasteiger partial charge in [-0.3, -0.25) is 0 Å². The Morgan fingerprint density at radius 3 is 2.15 bits per heavy atom. The van der Waals surface area contributed by atoms with Crippen molar-refractivity contribution in [1.82, 2.24) is 0 Å². The molecule has 0 amide bonds. The van der Waals surface area contributed by atoms with E-state index < -0.39 is 11.2 Å². The largest absolute Gasteiger partial charge is 0.387 e. The fourth-order valence-corrected chi connectivity index (χ4v) is 0.561. The van der Waals surface area contributed by atoms with E-state index in [-0.39, 0.29) is 0 Å². The summed E-state index contributed by atoms with van der Waals surface area (Å²) in [6, 6.07) is 0. The molecule has 1 rings (SSSR count). The van der Waals surface area contributed by atoms with E-state index in [1.54, 1.807) is 35.2 Å². The first-order valence-electron chi connectivity index (χ1n) is 4.73. The molecule has 0 aromatic heterocycles. The third kappa shape index (κ3) is 3.29. The van der Waals surface area contributed by atoms with Crippen LogP contribution in [0.15, 0.2) is 0 Å². The van der Waals surface area contributed by atoms with E-state index in [9.17, 15) is 5.11 Å². The molecule has 0 bridgehead atoms. The maximum atomic E-state index is 9.71. The summed E-state index contributed by atoms with van der Waals surface area (Å²) in [6.07, 6.45) is 2.37. The molecule has 1 radical (unpaired) electrons. The average molecular weight is 185 g/mol. The van der Waals surface area contributed by atoms with Gasteiger partial charge in [-0.15, -0.1) is 0 Å². The standard InChI is InChI=1S/C9H18BO3/c1-8(2,11)9(3,4)12-13-10-7-5-6-7/h7,11H,5-6H2,1-4H3. The quantitative estimate of drug-likeness (QED) is 0.402. The summed E-state index contributed by atoms with van der Waals surface area (Å²) >= 11 is 0. The zero-order valence-electron chi connectivity index (χ0n) is 8.83. The van der Waals surface area contributed by atoms with Gasteiger partial charge in [-0.2, -0.15) is 0 Å². The molecule has 0 atom stereocenters. The Hall–Kier alpha value is -0.0551. The average Bonchev–Trinajstić information content (AvgIpc) is 2.68. The predicted molar refractivity (Wildman–Crippen MR) is 51.3 cm³/mol. The Balaban J connectivity index is 2.23. The second-order valence-corrected chi connectivity index (χ2v) is 4.72. The van der Waals surface area contributed by atoms with Gasteiger partial charge in [0.2, 0.25) is 0 Å². The molecule has 75 valence electrons. The number of hydrogen-bond acceptors (Lipinski definition) is 3.